The van der Waals surface area contributed by atoms with E-state index in [1.807, 2.05) is 0 Å². The molecule has 1 aliphatic carbocycles. The molecule has 1 saturated heterocycles. The maximum Gasteiger partial charge on any atom is 0.0413 e. The Balaban J connectivity index is 1.80. The Morgan fingerprint density at radius 1 is 1.05 bits per heavy atom. The van der Waals surface area contributed by atoms with Gasteiger partial charge < -0.3 is 0 Å². The Labute approximate surface area is 120 Å². The fourth-order valence-electron chi connectivity index (χ4n) is 4.45. The molecule has 1 aliphatic heterocycles. The van der Waals surface area contributed by atoms with Crippen molar-refractivity contribution in [2.75, 3.05) is 0 Å². The molecule has 7 atom stereocenters. The van der Waals surface area contributed by atoms with Crippen LogP contribution in [-0.4, -0.2) is 12.1 Å². The van der Waals surface area contributed by atoms with Crippen molar-refractivity contribution >= 4 is 0 Å². The lowest BCUT2D eigenvalue weighted by Crippen LogP contribution is -2.67. The highest BCUT2D eigenvalue weighted by Crippen LogP contribution is 2.43. The highest BCUT2D eigenvalue weighted by Gasteiger charge is 2.48. The van der Waals surface area contributed by atoms with Crippen molar-refractivity contribution in [1.82, 2.24) is 10.9 Å². The number of fused-ring (bicyclic) bond motifs is 1. The summed E-state index contributed by atoms with van der Waals surface area (Å²) in [4.78, 5) is 0. The van der Waals surface area contributed by atoms with Gasteiger partial charge in [0.15, 0.2) is 0 Å². The first kappa shape index (κ1) is 15.3. The molecule has 0 spiro atoms. The summed E-state index contributed by atoms with van der Waals surface area (Å²) in [5.41, 5.74) is 6.84. The molecule has 0 amide bonds. The van der Waals surface area contributed by atoms with Gasteiger partial charge in [-0.05, 0) is 36.0 Å². The van der Waals surface area contributed by atoms with Gasteiger partial charge in [-0.3, -0.25) is 10.9 Å². The minimum atomic E-state index is 0.750. The van der Waals surface area contributed by atoms with Crippen LogP contribution in [0.5, 0.6) is 0 Å². The molecule has 0 aromatic heterocycles. The number of rotatable bonds is 7. The van der Waals surface area contributed by atoms with Crippen LogP contribution in [0, 0.1) is 29.6 Å². The van der Waals surface area contributed by atoms with Crippen LogP contribution in [0.3, 0.4) is 0 Å². The normalized spacial score (nSPS) is 38.4. The topological polar surface area (TPSA) is 24.1 Å². The number of hydrogen-bond acceptors (Lipinski definition) is 2. The van der Waals surface area contributed by atoms with Gasteiger partial charge in [0.2, 0.25) is 0 Å². The number of hydrazine groups is 1. The van der Waals surface area contributed by atoms with Crippen molar-refractivity contribution in [2.45, 2.75) is 78.8 Å². The molecule has 2 nitrogen and oxygen atoms in total. The van der Waals surface area contributed by atoms with Crippen LogP contribution < -0.4 is 10.9 Å². The fourth-order valence-corrected chi connectivity index (χ4v) is 4.45. The Hall–Kier alpha value is -0.0800. The van der Waals surface area contributed by atoms with Crippen LogP contribution >= 0.6 is 0 Å². The minimum absolute atomic E-state index is 0.750. The van der Waals surface area contributed by atoms with Gasteiger partial charge in [-0.2, -0.15) is 0 Å². The predicted octanol–water partition coefficient (Wildman–Crippen LogP) is 3.98. The van der Waals surface area contributed by atoms with E-state index in [0.717, 1.165) is 41.7 Å². The molecule has 0 bridgehead atoms. The predicted molar refractivity (Wildman–Crippen MR) is 82.8 cm³/mol. The van der Waals surface area contributed by atoms with Gasteiger partial charge >= 0.3 is 0 Å². The molecular weight excluding hydrogens is 232 g/mol. The molecule has 0 aromatic rings. The zero-order valence-electron chi connectivity index (χ0n) is 13.6. The van der Waals surface area contributed by atoms with E-state index < -0.39 is 0 Å². The second-order valence-electron chi connectivity index (χ2n) is 7.52. The van der Waals surface area contributed by atoms with E-state index in [9.17, 15) is 0 Å². The van der Waals surface area contributed by atoms with E-state index >= 15 is 0 Å². The lowest BCUT2D eigenvalue weighted by atomic mass is 9.74. The van der Waals surface area contributed by atoms with Crippen LogP contribution in [-0.2, 0) is 0 Å². The summed E-state index contributed by atoms with van der Waals surface area (Å²) in [6.45, 7) is 12.2. The van der Waals surface area contributed by atoms with Gasteiger partial charge in [-0.1, -0.05) is 60.3 Å². The van der Waals surface area contributed by atoms with E-state index in [-0.39, 0.29) is 0 Å². The zero-order valence-corrected chi connectivity index (χ0v) is 13.6. The van der Waals surface area contributed by atoms with E-state index in [2.05, 4.69) is 45.5 Å². The number of nitrogens with one attached hydrogen (secondary N) is 2. The van der Waals surface area contributed by atoms with Crippen molar-refractivity contribution in [1.29, 1.82) is 0 Å². The fraction of sp³-hybridized carbons (Fsp3) is 1.00. The van der Waals surface area contributed by atoms with Crippen molar-refractivity contribution in [3.8, 4) is 0 Å². The molecule has 2 heteroatoms. The summed E-state index contributed by atoms with van der Waals surface area (Å²) in [5.74, 6) is 4.39. The van der Waals surface area contributed by atoms with Crippen molar-refractivity contribution < 1.29 is 0 Å². The quantitative estimate of drug-likeness (QED) is 0.728. The highest BCUT2D eigenvalue weighted by atomic mass is 15.5. The summed E-state index contributed by atoms with van der Waals surface area (Å²) in [6, 6.07) is 1.51. The standard InChI is InChI=1S/C17H34N2/c1-6-7-11(2)8-9-12(3)14(5)16-13(4)10-15-17(16)19-18-15/h11-19H,6-10H2,1-5H3. The largest absolute Gasteiger partial charge is 0.253 e. The highest BCUT2D eigenvalue weighted by molar-refractivity contribution is 5.04. The molecule has 7 unspecified atom stereocenters. The summed E-state index contributed by atoms with van der Waals surface area (Å²) >= 11 is 0. The third-order valence-corrected chi connectivity index (χ3v) is 5.97. The summed E-state index contributed by atoms with van der Waals surface area (Å²) in [6.07, 6.45) is 6.93. The molecule has 1 heterocycles. The Kier molecular flexibility index (Phi) is 5.30. The average Bonchev–Trinajstić information content (AvgIpc) is 2.58. The Morgan fingerprint density at radius 3 is 2.32 bits per heavy atom. The van der Waals surface area contributed by atoms with Crippen LogP contribution in [0.15, 0.2) is 0 Å². The van der Waals surface area contributed by atoms with Gasteiger partial charge in [0.1, 0.15) is 0 Å². The average molecular weight is 266 g/mol. The summed E-state index contributed by atoms with van der Waals surface area (Å²) in [5, 5.41) is 0. The van der Waals surface area contributed by atoms with Crippen LogP contribution in [0.4, 0.5) is 0 Å². The molecular formula is C17H34N2. The first-order chi connectivity index (χ1) is 9.04. The molecule has 0 radical (unpaired) electrons. The van der Waals surface area contributed by atoms with E-state index in [0.29, 0.717) is 0 Å². The summed E-state index contributed by atoms with van der Waals surface area (Å²) < 4.78 is 0. The van der Waals surface area contributed by atoms with Gasteiger partial charge in [0.05, 0.1) is 0 Å². The second kappa shape index (κ2) is 6.58. The molecule has 2 fully saturated rings. The lowest BCUT2D eigenvalue weighted by Gasteiger charge is -2.41. The maximum absolute atomic E-state index is 3.46. The lowest BCUT2D eigenvalue weighted by molar-refractivity contribution is 0.120. The monoisotopic (exact) mass is 266 g/mol. The SMILES string of the molecule is CCCC(C)CCC(C)C(C)C1C(C)CC2NNC21. The molecule has 19 heavy (non-hydrogen) atoms. The third kappa shape index (κ3) is 3.33. The van der Waals surface area contributed by atoms with Gasteiger partial charge in [-0.15, -0.1) is 0 Å². The molecule has 2 N–H and O–H groups in total. The molecule has 1 saturated carbocycles. The van der Waals surface area contributed by atoms with Crippen molar-refractivity contribution in [3.63, 3.8) is 0 Å². The van der Waals surface area contributed by atoms with Crippen LogP contribution in [0.1, 0.15) is 66.7 Å². The van der Waals surface area contributed by atoms with Gasteiger partial charge in [0, 0.05) is 12.1 Å². The van der Waals surface area contributed by atoms with Crippen LogP contribution in [0.25, 0.3) is 0 Å². The smallest absolute Gasteiger partial charge is 0.0413 e. The summed E-state index contributed by atoms with van der Waals surface area (Å²) in [7, 11) is 0. The Morgan fingerprint density at radius 2 is 1.79 bits per heavy atom. The molecule has 112 valence electrons. The van der Waals surface area contributed by atoms with E-state index in [1.165, 1.54) is 32.1 Å². The van der Waals surface area contributed by atoms with Gasteiger partial charge in [-0.25, -0.2) is 0 Å². The first-order valence-corrected chi connectivity index (χ1v) is 8.55. The molecule has 0 aromatic carbocycles. The van der Waals surface area contributed by atoms with E-state index in [1.54, 1.807) is 0 Å². The van der Waals surface area contributed by atoms with E-state index in [4.69, 9.17) is 0 Å². The Bertz CT molecular complexity index is 278. The van der Waals surface area contributed by atoms with Crippen molar-refractivity contribution in [2.24, 2.45) is 29.6 Å². The first-order valence-electron chi connectivity index (χ1n) is 8.55. The number of hydrogen-bond donors (Lipinski definition) is 2. The zero-order chi connectivity index (χ0) is 14.0. The third-order valence-electron chi connectivity index (χ3n) is 5.97. The minimum Gasteiger partial charge on any atom is -0.253 e. The van der Waals surface area contributed by atoms with Crippen LogP contribution in [0.2, 0.25) is 0 Å². The second-order valence-corrected chi connectivity index (χ2v) is 7.52. The van der Waals surface area contributed by atoms with Crippen molar-refractivity contribution in [3.05, 3.63) is 0 Å². The molecule has 2 aliphatic rings. The maximum atomic E-state index is 3.46. The van der Waals surface area contributed by atoms with Gasteiger partial charge in [0.25, 0.3) is 0 Å². The molecule has 2 rings (SSSR count).